The highest BCUT2D eigenvalue weighted by Crippen LogP contribution is 2.29. The van der Waals surface area contributed by atoms with Crippen LogP contribution in [0.25, 0.3) is 0 Å². The molecule has 0 aliphatic carbocycles. The molecule has 1 heterocycles. The molecule has 1 aromatic carbocycles. The van der Waals surface area contributed by atoms with Crippen molar-refractivity contribution in [3.8, 4) is 0 Å². The minimum atomic E-state index is -0.719. The van der Waals surface area contributed by atoms with E-state index in [1.165, 1.54) is 12.0 Å². The van der Waals surface area contributed by atoms with Gasteiger partial charge in [0.05, 0.1) is 5.41 Å². The van der Waals surface area contributed by atoms with Crippen LogP contribution in [0, 0.1) is 5.41 Å². The Labute approximate surface area is 129 Å². The van der Waals surface area contributed by atoms with Gasteiger partial charge >= 0.3 is 5.97 Å². The standard InChI is InChI=1S/C16H22BrNO2/c1-16(2,15(19)20)11-18-9-3-4-13(10-18)12-5-7-14(17)8-6-12/h5-8,13H,3-4,9-11H2,1-2H3,(H,19,20)/t13-/m1/s1. The average molecular weight is 340 g/mol. The normalized spacial score (nSPS) is 20.9. The van der Waals surface area contributed by atoms with E-state index in [2.05, 4.69) is 45.1 Å². The maximum atomic E-state index is 11.3. The first-order chi connectivity index (χ1) is 9.38. The van der Waals surface area contributed by atoms with Crippen molar-refractivity contribution in [3.63, 3.8) is 0 Å². The molecular weight excluding hydrogens is 318 g/mol. The Hall–Kier alpha value is -0.870. The van der Waals surface area contributed by atoms with Gasteiger partial charge in [0.2, 0.25) is 0 Å². The molecule has 1 atom stereocenters. The minimum Gasteiger partial charge on any atom is -0.481 e. The van der Waals surface area contributed by atoms with Crippen LogP contribution in [0.5, 0.6) is 0 Å². The molecule has 0 spiro atoms. The number of carboxylic acids is 1. The number of hydrogen-bond donors (Lipinski definition) is 1. The average Bonchev–Trinajstić information content (AvgIpc) is 2.39. The van der Waals surface area contributed by atoms with Crippen LogP contribution in [-0.4, -0.2) is 35.6 Å². The van der Waals surface area contributed by atoms with Crippen LogP contribution in [-0.2, 0) is 4.79 Å². The zero-order valence-electron chi connectivity index (χ0n) is 12.1. The molecule has 0 saturated carbocycles. The molecule has 1 N–H and O–H groups in total. The van der Waals surface area contributed by atoms with E-state index in [0.717, 1.165) is 24.0 Å². The van der Waals surface area contributed by atoms with Crippen molar-refractivity contribution < 1.29 is 9.90 Å². The Bertz CT molecular complexity index is 470. The molecule has 0 amide bonds. The third kappa shape index (κ3) is 3.83. The van der Waals surface area contributed by atoms with Crippen molar-refractivity contribution in [2.75, 3.05) is 19.6 Å². The summed E-state index contributed by atoms with van der Waals surface area (Å²) in [6.07, 6.45) is 2.32. The maximum Gasteiger partial charge on any atom is 0.310 e. The van der Waals surface area contributed by atoms with E-state index in [9.17, 15) is 9.90 Å². The van der Waals surface area contributed by atoms with Crippen LogP contribution in [0.2, 0.25) is 0 Å². The Kier molecular flexibility index (Phi) is 4.86. The number of halogens is 1. The number of nitrogens with zero attached hydrogens (tertiary/aromatic N) is 1. The van der Waals surface area contributed by atoms with Crippen molar-refractivity contribution in [1.29, 1.82) is 0 Å². The molecule has 1 aliphatic heterocycles. The lowest BCUT2D eigenvalue weighted by atomic mass is 9.87. The van der Waals surface area contributed by atoms with Gasteiger partial charge in [-0.3, -0.25) is 4.79 Å². The zero-order valence-corrected chi connectivity index (χ0v) is 13.7. The van der Waals surface area contributed by atoms with E-state index in [4.69, 9.17) is 0 Å². The second kappa shape index (κ2) is 6.27. The van der Waals surface area contributed by atoms with Gasteiger partial charge in [-0.15, -0.1) is 0 Å². The molecule has 0 unspecified atom stereocenters. The topological polar surface area (TPSA) is 40.5 Å². The summed E-state index contributed by atoms with van der Waals surface area (Å²) in [5, 5.41) is 9.25. The molecule has 1 saturated heterocycles. The van der Waals surface area contributed by atoms with E-state index in [1.807, 2.05) is 0 Å². The fourth-order valence-corrected chi connectivity index (χ4v) is 3.10. The highest BCUT2D eigenvalue weighted by molar-refractivity contribution is 9.10. The molecule has 3 nitrogen and oxygen atoms in total. The van der Waals surface area contributed by atoms with Gasteiger partial charge in [-0.25, -0.2) is 0 Å². The number of rotatable bonds is 4. The summed E-state index contributed by atoms with van der Waals surface area (Å²) in [6.45, 7) is 6.19. The Morgan fingerprint density at radius 2 is 2.05 bits per heavy atom. The van der Waals surface area contributed by atoms with Gasteiger partial charge in [0.25, 0.3) is 0 Å². The second-order valence-electron chi connectivity index (χ2n) is 6.31. The molecule has 0 radical (unpaired) electrons. The molecule has 0 aromatic heterocycles. The Morgan fingerprint density at radius 1 is 1.40 bits per heavy atom. The molecule has 0 bridgehead atoms. The van der Waals surface area contributed by atoms with Gasteiger partial charge in [-0.2, -0.15) is 0 Å². The summed E-state index contributed by atoms with van der Waals surface area (Å²) in [4.78, 5) is 13.5. The second-order valence-corrected chi connectivity index (χ2v) is 7.23. The number of benzene rings is 1. The number of hydrogen-bond acceptors (Lipinski definition) is 2. The van der Waals surface area contributed by atoms with Crippen LogP contribution in [0.1, 0.15) is 38.2 Å². The Balaban J connectivity index is 2.02. The summed E-state index contributed by atoms with van der Waals surface area (Å²) in [5.74, 6) is -0.204. The van der Waals surface area contributed by atoms with Crippen LogP contribution in [0.4, 0.5) is 0 Å². The van der Waals surface area contributed by atoms with Gasteiger partial charge in [-0.05, 0) is 56.8 Å². The number of carboxylic acid groups (broad SMARTS) is 1. The van der Waals surface area contributed by atoms with Crippen LogP contribution < -0.4 is 0 Å². The largest absolute Gasteiger partial charge is 0.481 e. The van der Waals surface area contributed by atoms with Gasteiger partial charge in [0.1, 0.15) is 0 Å². The van der Waals surface area contributed by atoms with Gasteiger partial charge in [0, 0.05) is 17.6 Å². The van der Waals surface area contributed by atoms with Gasteiger partial charge in [-0.1, -0.05) is 28.1 Å². The van der Waals surface area contributed by atoms with Crippen molar-refractivity contribution >= 4 is 21.9 Å². The van der Waals surface area contributed by atoms with Gasteiger partial charge < -0.3 is 10.0 Å². The lowest BCUT2D eigenvalue weighted by Crippen LogP contribution is -2.43. The first-order valence-electron chi connectivity index (χ1n) is 7.10. The van der Waals surface area contributed by atoms with Crippen LogP contribution in [0.15, 0.2) is 28.7 Å². The summed E-state index contributed by atoms with van der Waals surface area (Å²) < 4.78 is 1.10. The van der Waals surface area contributed by atoms with E-state index in [-0.39, 0.29) is 0 Å². The van der Waals surface area contributed by atoms with Gasteiger partial charge in [0.15, 0.2) is 0 Å². The smallest absolute Gasteiger partial charge is 0.310 e. The monoisotopic (exact) mass is 339 g/mol. The SMILES string of the molecule is CC(C)(CN1CCC[C@@H](c2ccc(Br)cc2)C1)C(=O)O. The first-order valence-corrected chi connectivity index (χ1v) is 7.89. The van der Waals surface area contributed by atoms with Crippen molar-refractivity contribution in [2.45, 2.75) is 32.6 Å². The number of carbonyl (C=O) groups is 1. The number of piperidine rings is 1. The highest BCUT2D eigenvalue weighted by atomic mass is 79.9. The molecule has 1 aliphatic rings. The molecule has 20 heavy (non-hydrogen) atoms. The third-order valence-corrected chi connectivity index (χ3v) is 4.57. The molecule has 2 rings (SSSR count). The summed E-state index contributed by atoms with van der Waals surface area (Å²) in [5.41, 5.74) is 0.674. The van der Waals surface area contributed by atoms with Crippen molar-refractivity contribution in [1.82, 2.24) is 4.90 Å². The summed E-state index contributed by atoms with van der Waals surface area (Å²) in [7, 11) is 0. The summed E-state index contributed by atoms with van der Waals surface area (Å²) >= 11 is 3.46. The maximum absolute atomic E-state index is 11.3. The number of likely N-dealkylation sites (tertiary alicyclic amines) is 1. The highest BCUT2D eigenvalue weighted by Gasteiger charge is 2.32. The fourth-order valence-electron chi connectivity index (χ4n) is 2.83. The molecular formula is C16H22BrNO2. The Morgan fingerprint density at radius 3 is 2.65 bits per heavy atom. The van der Waals surface area contributed by atoms with E-state index < -0.39 is 11.4 Å². The van der Waals surface area contributed by atoms with Crippen molar-refractivity contribution in [2.24, 2.45) is 5.41 Å². The lowest BCUT2D eigenvalue weighted by molar-refractivity contribution is -0.148. The zero-order chi connectivity index (χ0) is 14.8. The minimum absolute atomic E-state index is 0.515. The molecule has 1 aromatic rings. The molecule has 1 fully saturated rings. The van der Waals surface area contributed by atoms with E-state index in [0.29, 0.717) is 12.5 Å². The first kappa shape index (κ1) is 15.5. The van der Waals surface area contributed by atoms with Crippen molar-refractivity contribution in [3.05, 3.63) is 34.3 Å². The fraction of sp³-hybridized carbons (Fsp3) is 0.562. The van der Waals surface area contributed by atoms with Crippen LogP contribution in [0.3, 0.4) is 0 Å². The lowest BCUT2D eigenvalue weighted by Gasteiger charge is -2.36. The summed E-state index contributed by atoms with van der Waals surface area (Å²) in [6, 6.07) is 8.49. The predicted molar refractivity (Wildman–Crippen MR) is 84.0 cm³/mol. The van der Waals surface area contributed by atoms with E-state index >= 15 is 0 Å². The third-order valence-electron chi connectivity index (χ3n) is 4.04. The van der Waals surface area contributed by atoms with Crippen LogP contribution >= 0.6 is 15.9 Å². The number of aliphatic carboxylic acids is 1. The quantitative estimate of drug-likeness (QED) is 0.908. The predicted octanol–water partition coefficient (Wildman–Crippen LogP) is 3.74. The van der Waals surface area contributed by atoms with E-state index in [1.54, 1.807) is 13.8 Å². The molecule has 110 valence electrons. The molecule has 4 heteroatoms.